The van der Waals surface area contributed by atoms with Gasteiger partial charge in [0.05, 0.1) is 6.61 Å². The van der Waals surface area contributed by atoms with Crippen molar-refractivity contribution in [2.45, 2.75) is 39.8 Å². The van der Waals surface area contributed by atoms with Crippen molar-refractivity contribution in [3.63, 3.8) is 0 Å². The number of hydrogen-bond donors (Lipinski definition) is 1. The van der Waals surface area contributed by atoms with Gasteiger partial charge in [0.25, 0.3) is 0 Å². The van der Waals surface area contributed by atoms with E-state index >= 15 is 0 Å². The average molecular weight is 300 g/mol. The Morgan fingerprint density at radius 1 is 1.09 bits per heavy atom. The molecule has 0 atom stereocenters. The summed E-state index contributed by atoms with van der Waals surface area (Å²) in [6, 6.07) is 12.0. The summed E-state index contributed by atoms with van der Waals surface area (Å²) in [5.41, 5.74) is 1.03. The van der Waals surface area contributed by atoms with Crippen LogP contribution in [0.3, 0.4) is 0 Å². The van der Waals surface area contributed by atoms with Gasteiger partial charge in [-0.15, -0.1) is 0 Å². The van der Waals surface area contributed by atoms with E-state index in [1.54, 1.807) is 6.20 Å². The molecule has 0 aliphatic carbocycles. The number of pyridine rings is 1. The predicted octanol–water partition coefficient (Wildman–Crippen LogP) is 4.16. The zero-order valence-electron chi connectivity index (χ0n) is 13.5. The monoisotopic (exact) mass is 300 g/mol. The van der Waals surface area contributed by atoms with E-state index in [0.29, 0.717) is 24.3 Å². The molecule has 0 amide bonds. The maximum Gasteiger partial charge on any atom is 0.223 e. The molecule has 118 valence electrons. The Kier molecular flexibility index (Phi) is 6.22. The van der Waals surface area contributed by atoms with Crippen molar-refractivity contribution in [3.8, 4) is 17.4 Å². The van der Waals surface area contributed by atoms with Crippen LogP contribution in [0.25, 0.3) is 0 Å². The van der Waals surface area contributed by atoms with Crippen molar-refractivity contribution in [2.75, 3.05) is 6.61 Å². The van der Waals surface area contributed by atoms with E-state index in [0.717, 1.165) is 24.3 Å². The van der Waals surface area contributed by atoms with Crippen LogP contribution in [-0.4, -0.2) is 17.6 Å². The van der Waals surface area contributed by atoms with Crippen LogP contribution in [0.1, 0.15) is 32.8 Å². The summed E-state index contributed by atoms with van der Waals surface area (Å²) >= 11 is 0. The molecule has 0 unspecified atom stereocenters. The Hall–Kier alpha value is -2.07. The first-order valence-corrected chi connectivity index (χ1v) is 7.77. The Morgan fingerprint density at radius 2 is 1.86 bits per heavy atom. The Labute approximate surface area is 132 Å². The molecule has 1 aromatic carbocycles. The fourth-order valence-corrected chi connectivity index (χ4v) is 1.93. The maximum atomic E-state index is 5.99. The SMILES string of the molecule is CCCOc1ccccc1Oc1ncccc1CNC(C)C. The largest absolute Gasteiger partial charge is 0.490 e. The number of rotatable bonds is 8. The first kappa shape index (κ1) is 16.3. The van der Waals surface area contributed by atoms with Gasteiger partial charge in [-0.25, -0.2) is 4.98 Å². The van der Waals surface area contributed by atoms with Gasteiger partial charge in [-0.05, 0) is 24.6 Å². The van der Waals surface area contributed by atoms with Crippen molar-refractivity contribution in [3.05, 3.63) is 48.2 Å². The van der Waals surface area contributed by atoms with Crippen LogP contribution < -0.4 is 14.8 Å². The lowest BCUT2D eigenvalue weighted by Gasteiger charge is -2.14. The van der Waals surface area contributed by atoms with E-state index in [9.17, 15) is 0 Å². The molecule has 4 heteroatoms. The number of aromatic nitrogens is 1. The Morgan fingerprint density at radius 3 is 2.59 bits per heavy atom. The van der Waals surface area contributed by atoms with E-state index in [2.05, 4.69) is 31.1 Å². The van der Waals surface area contributed by atoms with E-state index in [1.807, 2.05) is 36.4 Å². The third kappa shape index (κ3) is 4.74. The third-order valence-corrected chi connectivity index (χ3v) is 3.07. The van der Waals surface area contributed by atoms with Gasteiger partial charge in [0.15, 0.2) is 11.5 Å². The molecule has 1 aromatic heterocycles. The smallest absolute Gasteiger partial charge is 0.223 e. The number of ether oxygens (including phenoxy) is 2. The Balaban J connectivity index is 2.16. The molecule has 0 spiro atoms. The molecule has 2 rings (SSSR count). The van der Waals surface area contributed by atoms with E-state index in [4.69, 9.17) is 9.47 Å². The minimum absolute atomic E-state index is 0.410. The lowest BCUT2D eigenvalue weighted by atomic mass is 10.2. The molecule has 0 aliphatic heterocycles. The molecule has 1 heterocycles. The zero-order valence-corrected chi connectivity index (χ0v) is 13.5. The summed E-state index contributed by atoms with van der Waals surface area (Å²) in [5.74, 6) is 2.06. The first-order chi connectivity index (χ1) is 10.7. The summed E-state index contributed by atoms with van der Waals surface area (Å²) in [6.45, 7) is 7.71. The average Bonchev–Trinajstić information content (AvgIpc) is 2.53. The van der Waals surface area contributed by atoms with Crippen LogP contribution in [0, 0.1) is 0 Å². The second-order valence-corrected chi connectivity index (χ2v) is 5.40. The maximum absolute atomic E-state index is 5.99. The number of para-hydroxylation sites is 2. The van der Waals surface area contributed by atoms with E-state index < -0.39 is 0 Å². The van der Waals surface area contributed by atoms with E-state index in [1.165, 1.54) is 0 Å². The molecule has 0 aliphatic rings. The molecule has 4 nitrogen and oxygen atoms in total. The molecular formula is C18H24N2O2. The first-order valence-electron chi connectivity index (χ1n) is 7.77. The summed E-state index contributed by atoms with van der Waals surface area (Å²) in [5, 5.41) is 3.39. The lowest BCUT2D eigenvalue weighted by molar-refractivity contribution is 0.300. The topological polar surface area (TPSA) is 43.4 Å². The highest BCUT2D eigenvalue weighted by atomic mass is 16.5. The molecule has 0 radical (unpaired) electrons. The summed E-state index contributed by atoms with van der Waals surface area (Å²) in [4.78, 5) is 4.36. The van der Waals surface area contributed by atoms with Crippen LogP contribution in [-0.2, 0) is 6.54 Å². The van der Waals surface area contributed by atoms with Gasteiger partial charge in [-0.3, -0.25) is 0 Å². The highest BCUT2D eigenvalue weighted by molar-refractivity contribution is 5.42. The molecule has 0 bridgehead atoms. The zero-order chi connectivity index (χ0) is 15.8. The molecule has 1 N–H and O–H groups in total. The summed E-state index contributed by atoms with van der Waals surface area (Å²) < 4.78 is 11.7. The van der Waals surface area contributed by atoms with Crippen LogP contribution in [0.15, 0.2) is 42.6 Å². The number of benzene rings is 1. The highest BCUT2D eigenvalue weighted by Gasteiger charge is 2.10. The number of nitrogens with one attached hydrogen (secondary N) is 1. The Bertz CT molecular complexity index is 585. The predicted molar refractivity (Wildman–Crippen MR) is 88.5 cm³/mol. The van der Waals surface area contributed by atoms with Gasteiger partial charge in [0.2, 0.25) is 5.88 Å². The minimum atomic E-state index is 0.410. The standard InChI is InChI=1S/C18H24N2O2/c1-4-12-21-16-9-5-6-10-17(16)22-18-15(8-7-11-19-18)13-20-14(2)3/h5-11,14,20H,4,12-13H2,1-3H3. The van der Waals surface area contributed by atoms with E-state index in [-0.39, 0.29) is 0 Å². The second-order valence-electron chi connectivity index (χ2n) is 5.40. The third-order valence-electron chi connectivity index (χ3n) is 3.07. The van der Waals surface area contributed by atoms with Crippen molar-refractivity contribution in [1.82, 2.24) is 10.3 Å². The fraction of sp³-hybridized carbons (Fsp3) is 0.389. The molecule has 2 aromatic rings. The molecular weight excluding hydrogens is 276 g/mol. The summed E-state index contributed by atoms with van der Waals surface area (Å²) in [6.07, 6.45) is 2.70. The summed E-state index contributed by atoms with van der Waals surface area (Å²) in [7, 11) is 0. The molecule has 0 fully saturated rings. The molecule has 0 saturated carbocycles. The van der Waals surface area contributed by atoms with Gasteiger partial charge in [0, 0.05) is 24.3 Å². The van der Waals surface area contributed by atoms with Crippen LogP contribution in [0.4, 0.5) is 0 Å². The molecule has 22 heavy (non-hydrogen) atoms. The normalized spacial score (nSPS) is 10.7. The number of nitrogens with zero attached hydrogens (tertiary/aromatic N) is 1. The van der Waals surface area contributed by atoms with Gasteiger partial charge in [-0.2, -0.15) is 0 Å². The van der Waals surface area contributed by atoms with Crippen molar-refractivity contribution in [1.29, 1.82) is 0 Å². The van der Waals surface area contributed by atoms with Gasteiger partial charge in [-0.1, -0.05) is 39.0 Å². The second kappa shape index (κ2) is 8.39. The van der Waals surface area contributed by atoms with Crippen LogP contribution in [0.5, 0.6) is 17.4 Å². The van der Waals surface area contributed by atoms with Crippen LogP contribution >= 0.6 is 0 Å². The van der Waals surface area contributed by atoms with Gasteiger partial charge in [0.1, 0.15) is 0 Å². The number of hydrogen-bond acceptors (Lipinski definition) is 4. The highest BCUT2D eigenvalue weighted by Crippen LogP contribution is 2.31. The molecule has 0 saturated heterocycles. The van der Waals surface area contributed by atoms with Crippen molar-refractivity contribution < 1.29 is 9.47 Å². The lowest BCUT2D eigenvalue weighted by Crippen LogP contribution is -2.22. The van der Waals surface area contributed by atoms with Gasteiger partial charge >= 0.3 is 0 Å². The minimum Gasteiger partial charge on any atom is -0.490 e. The van der Waals surface area contributed by atoms with Crippen LogP contribution in [0.2, 0.25) is 0 Å². The van der Waals surface area contributed by atoms with Crippen molar-refractivity contribution >= 4 is 0 Å². The van der Waals surface area contributed by atoms with Gasteiger partial charge < -0.3 is 14.8 Å². The fourth-order valence-electron chi connectivity index (χ4n) is 1.93. The quantitative estimate of drug-likeness (QED) is 0.795. The van der Waals surface area contributed by atoms with Crippen molar-refractivity contribution in [2.24, 2.45) is 0 Å².